The van der Waals surface area contributed by atoms with Gasteiger partial charge >= 0.3 is 0 Å². The lowest BCUT2D eigenvalue weighted by atomic mass is 10.0. The Balaban J connectivity index is 2.22. The van der Waals surface area contributed by atoms with E-state index in [2.05, 4.69) is 11.9 Å². The van der Waals surface area contributed by atoms with Crippen molar-refractivity contribution in [2.75, 3.05) is 0 Å². The zero-order valence-corrected chi connectivity index (χ0v) is 12.0. The number of aromatic nitrogens is 2. The molecule has 2 heterocycles. The van der Waals surface area contributed by atoms with Crippen molar-refractivity contribution in [1.29, 1.82) is 0 Å². The molecular formula is C15H15ClN2O2. The summed E-state index contributed by atoms with van der Waals surface area (Å²) in [7, 11) is 0. The van der Waals surface area contributed by atoms with Crippen molar-refractivity contribution in [2.45, 2.75) is 32.7 Å². The molecule has 1 unspecified atom stereocenters. The molecule has 0 saturated heterocycles. The molecule has 1 aromatic carbocycles. The van der Waals surface area contributed by atoms with Crippen molar-refractivity contribution in [1.82, 2.24) is 9.55 Å². The van der Waals surface area contributed by atoms with Crippen LogP contribution in [0.25, 0.3) is 10.9 Å². The summed E-state index contributed by atoms with van der Waals surface area (Å²) in [5.41, 5.74) is 0.910. The van der Waals surface area contributed by atoms with Gasteiger partial charge in [-0.25, -0.2) is 4.98 Å². The first-order valence-electron chi connectivity index (χ1n) is 6.79. The first kappa shape index (κ1) is 13.3. The van der Waals surface area contributed by atoms with Gasteiger partial charge in [0.25, 0.3) is 10.8 Å². The fourth-order valence-electron chi connectivity index (χ4n) is 2.68. The summed E-state index contributed by atoms with van der Waals surface area (Å²) in [6, 6.07) is 4.82. The van der Waals surface area contributed by atoms with E-state index < -0.39 is 5.24 Å². The molecule has 0 fully saturated rings. The molecule has 2 aromatic rings. The minimum Gasteiger partial charge on any atom is -0.296 e. The maximum absolute atomic E-state index is 12.5. The third-order valence-electron chi connectivity index (χ3n) is 3.97. The summed E-state index contributed by atoms with van der Waals surface area (Å²) in [6.45, 7) is 2.91. The van der Waals surface area contributed by atoms with E-state index in [9.17, 15) is 9.59 Å². The van der Waals surface area contributed by atoms with E-state index in [1.54, 1.807) is 22.8 Å². The third kappa shape index (κ3) is 2.24. The molecule has 0 amide bonds. The van der Waals surface area contributed by atoms with Crippen LogP contribution in [0.5, 0.6) is 0 Å². The summed E-state index contributed by atoms with van der Waals surface area (Å²) >= 11 is 5.48. The highest BCUT2D eigenvalue weighted by atomic mass is 35.5. The molecule has 0 radical (unpaired) electrons. The quantitative estimate of drug-likeness (QED) is 0.759. The van der Waals surface area contributed by atoms with E-state index in [4.69, 9.17) is 11.6 Å². The Hall–Kier alpha value is -1.68. The second-order valence-electron chi connectivity index (χ2n) is 5.42. The molecule has 5 heteroatoms. The predicted molar refractivity (Wildman–Crippen MR) is 78.3 cm³/mol. The Morgan fingerprint density at radius 1 is 1.40 bits per heavy atom. The maximum atomic E-state index is 12.5. The number of benzene rings is 1. The molecule has 0 aliphatic carbocycles. The highest BCUT2D eigenvalue weighted by Crippen LogP contribution is 2.20. The molecule has 0 spiro atoms. The van der Waals surface area contributed by atoms with E-state index >= 15 is 0 Å². The SMILES string of the molecule is CC1CCc2nc3cc(C(=O)Cl)ccc3c(=O)n2CC1. The summed E-state index contributed by atoms with van der Waals surface area (Å²) in [5, 5.41) is 0.0161. The number of carbonyl (C=O) groups excluding carboxylic acids is 1. The van der Waals surface area contributed by atoms with E-state index in [1.165, 1.54) is 0 Å². The molecule has 1 aliphatic heterocycles. The van der Waals surface area contributed by atoms with Gasteiger partial charge in [-0.1, -0.05) is 6.92 Å². The monoisotopic (exact) mass is 290 g/mol. The van der Waals surface area contributed by atoms with Gasteiger partial charge in [0.1, 0.15) is 5.82 Å². The number of halogens is 1. The van der Waals surface area contributed by atoms with Crippen LogP contribution in [-0.2, 0) is 13.0 Å². The number of fused-ring (bicyclic) bond motifs is 2. The number of nitrogens with zero attached hydrogens (tertiary/aromatic N) is 2. The van der Waals surface area contributed by atoms with Gasteiger partial charge in [-0.15, -0.1) is 0 Å². The standard InChI is InChI=1S/C15H15ClN2O2/c1-9-2-5-13-17-12-8-10(14(16)19)3-4-11(12)15(20)18(13)7-6-9/h3-4,8-9H,2,5-7H2,1H3. The lowest BCUT2D eigenvalue weighted by Gasteiger charge is -2.10. The minimum atomic E-state index is -0.530. The fourth-order valence-corrected chi connectivity index (χ4v) is 2.80. The highest BCUT2D eigenvalue weighted by Gasteiger charge is 2.17. The summed E-state index contributed by atoms with van der Waals surface area (Å²) in [4.78, 5) is 28.3. The van der Waals surface area contributed by atoms with Gasteiger partial charge in [0.2, 0.25) is 0 Å². The second-order valence-corrected chi connectivity index (χ2v) is 5.77. The topological polar surface area (TPSA) is 52.0 Å². The normalized spacial score (nSPS) is 18.6. The maximum Gasteiger partial charge on any atom is 0.261 e. The van der Waals surface area contributed by atoms with Crippen LogP contribution in [0.4, 0.5) is 0 Å². The summed E-state index contributed by atoms with van der Waals surface area (Å²) in [5.74, 6) is 1.41. The van der Waals surface area contributed by atoms with Gasteiger partial charge in [-0.05, 0) is 48.6 Å². The Morgan fingerprint density at radius 2 is 2.20 bits per heavy atom. The van der Waals surface area contributed by atoms with E-state index in [0.29, 0.717) is 28.9 Å². The van der Waals surface area contributed by atoms with E-state index in [-0.39, 0.29) is 5.56 Å². The Morgan fingerprint density at radius 3 is 2.95 bits per heavy atom. The van der Waals surface area contributed by atoms with Crippen LogP contribution in [-0.4, -0.2) is 14.8 Å². The molecule has 4 nitrogen and oxygen atoms in total. The van der Waals surface area contributed by atoms with Crippen LogP contribution in [0, 0.1) is 5.92 Å². The van der Waals surface area contributed by atoms with Crippen molar-refractivity contribution >= 4 is 27.7 Å². The Bertz CT molecular complexity index is 751. The average molecular weight is 291 g/mol. The van der Waals surface area contributed by atoms with Crippen molar-refractivity contribution in [3.63, 3.8) is 0 Å². The van der Waals surface area contributed by atoms with Gasteiger partial charge in [-0.3, -0.25) is 14.2 Å². The summed E-state index contributed by atoms with van der Waals surface area (Å²) in [6.07, 6.45) is 2.83. The number of rotatable bonds is 1. The number of hydrogen-bond acceptors (Lipinski definition) is 3. The number of carbonyl (C=O) groups is 1. The molecule has 3 rings (SSSR count). The second kappa shape index (κ2) is 5.02. The molecular weight excluding hydrogens is 276 g/mol. The first-order valence-corrected chi connectivity index (χ1v) is 7.17. The van der Waals surface area contributed by atoms with Crippen LogP contribution in [0.2, 0.25) is 0 Å². The largest absolute Gasteiger partial charge is 0.296 e. The molecule has 20 heavy (non-hydrogen) atoms. The van der Waals surface area contributed by atoms with Gasteiger partial charge in [0.15, 0.2) is 0 Å². The molecule has 0 bridgehead atoms. The molecule has 104 valence electrons. The van der Waals surface area contributed by atoms with Gasteiger partial charge in [0, 0.05) is 18.5 Å². The zero-order valence-electron chi connectivity index (χ0n) is 11.2. The van der Waals surface area contributed by atoms with Crippen LogP contribution in [0.15, 0.2) is 23.0 Å². The van der Waals surface area contributed by atoms with Crippen LogP contribution in [0.1, 0.15) is 35.9 Å². The Kier molecular flexibility index (Phi) is 3.34. The lowest BCUT2D eigenvalue weighted by molar-refractivity contribution is 0.108. The predicted octanol–water partition coefficient (Wildman–Crippen LogP) is 2.75. The third-order valence-corrected chi connectivity index (χ3v) is 4.19. The molecule has 1 atom stereocenters. The highest BCUT2D eigenvalue weighted by molar-refractivity contribution is 6.67. The van der Waals surface area contributed by atoms with Gasteiger partial charge in [-0.2, -0.15) is 0 Å². The van der Waals surface area contributed by atoms with Crippen molar-refractivity contribution in [3.05, 3.63) is 39.9 Å². The van der Waals surface area contributed by atoms with E-state index in [0.717, 1.165) is 25.1 Å². The van der Waals surface area contributed by atoms with Crippen molar-refractivity contribution in [2.24, 2.45) is 5.92 Å². The molecule has 1 aliphatic rings. The van der Waals surface area contributed by atoms with Crippen molar-refractivity contribution in [3.8, 4) is 0 Å². The van der Waals surface area contributed by atoms with E-state index in [1.807, 2.05) is 0 Å². The van der Waals surface area contributed by atoms with Crippen LogP contribution < -0.4 is 5.56 Å². The lowest BCUT2D eigenvalue weighted by Crippen LogP contribution is -2.24. The van der Waals surface area contributed by atoms with Crippen LogP contribution >= 0.6 is 11.6 Å². The van der Waals surface area contributed by atoms with Crippen molar-refractivity contribution < 1.29 is 4.79 Å². The van der Waals surface area contributed by atoms with Gasteiger partial charge in [0.05, 0.1) is 10.9 Å². The fraction of sp³-hybridized carbons (Fsp3) is 0.400. The minimum absolute atomic E-state index is 0.0207. The zero-order chi connectivity index (χ0) is 14.3. The van der Waals surface area contributed by atoms with Gasteiger partial charge < -0.3 is 0 Å². The smallest absolute Gasteiger partial charge is 0.261 e. The first-order chi connectivity index (χ1) is 9.56. The number of hydrogen-bond donors (Lipinski definition) is 0. The average Bonchev–Trinajstić information content (AvgIpc) is 2.61. The summed E-state index contributed by atoms with van der Waals surface area (Å²) < 4.78 is 1.77. The molecule has 1 aromatic heterocycles. The number of aryl methyl sites for hydroxylation is 1. The molecule has 0 N–H and O–H groups in total. The molecule has 0 saturated carbocycles. The van der Waals surface area contributed by atoms with Crippen LogP contribution in [0.3, 0.4) is 0 Å². The Labute approximate surface area is 121 Å².